The van der Waals surface area contributed by atoms with E-state index in [1.54, 1.807) is 0 Å². The highest BCUT2D eigenvalue weighted by molar-refractivity contribution is 7.98. The molecule has 4 unspecified atom stereocenters. The van der Waals surface area contributed by atoms with E-state index in [0.717, 1.165) is 0 Å². The summed E-state index contributed by atoms with van der Waals surface area (Å²) in [7, 11) is 0. The molecule has 4 atom stereocenters. The summed E-state index contributed by atoms with van der Waals surface area (Å²) in [5, 5.41) is 17.0. The van der Waals surface area contributed by atoms with Crippen molar-refractivity contribution < 1.29 is 29.1 Å². The number of carbonyl (C=O) groups excluding carboxylic acids is 4. The molecule has 4 amide bonds. The zero-order chi connectivity index (χ0) is 26.3. The first-order valence-electron chi connectivity index (χ1n) is 11.1. The van der Waals surface area contributed by atoms with E-state index < -0.39 is 53.8 Å². The van der Waals surface area contributed by atoms with Gasteiger partial charge in [-0.15, -0.1) is 0 Å². The van der Waals surface area contributed by atoms with Crippen LogP contribution in [0.3, 0.4) is 0 Å². The number of carbonyl (C=O) groups is 5. The van der Waals surface area contributed by atoms with E-state index in [-0.39, 0.29) is 31.6 Å². The summed E-state index contributed by atoms with van der Waals surface area (Å²) in [6, 6.07) is -4.08. The van der Waals surface area contributed by atoms with Crippen LogP contribution in [-0.2, 0) is 24.0 Å². The van der Waals surface area contributed by atoms with Crippen molar-refractivity contribution in [1.82, 2.24) is 16.0 Å². The molecule has 8 N–H and O–H groups in total. The third-order valence-corrected chi connectivity index (χ3v) is 6.13. The van der Waals surface area contributed by atoms with Gasteiger partial charge in [0.1, 0.15) is 18.1 Å². The quantitative estimate of drug-likeness (QED) is 0.140. The molecule has 0 aliphatic heterocycles. The number of carboxylic acids is 1. The fraction of sp³-hybridized carbons (Fsp3) is 0.762. The molecule has 0 spiro atoms. The van der Waals surface area contributed by atoms with Crippen LogP contribution >= 0.6 is 23.5 Å². The van der Waals surface area contributed by atoms with Gasteiger partial charge in [-0.05, 0) is 55.6 Å². The highest BCUT2D eigenvalue weighted by Gasteiger charge is 2.30. The van der Waals surface area contributed by atoms with Gasteiger partial charge in [0, 0.05) is 6.42 Å². The average molecular weight is 522 g/mol. The molecule has 0 aliphatic carbocycles. The molecule has 13 heteroatoms. The number of primary amides is 1. The summed E-state index contributed by atoms with van der Waals surface area (Å²) in [6.07, 6.45) is 4.32. The van der Waals surface area contributed by atoms with Crippen molar-refractivity contribution >= 4 is 53.1 Å². The number of hydrogen-bond donors (Lipinski definition) is 6. The second kappa shape index (κ2) is 17.4. The largest absolute Gasteiger partial charge is 0.480 e. The lowest BCUT2D eigenvalue weighted by atomic mass is 10.0. The molecule has 0 saturated carbocycles. The smallest absolute Gasteiger partial charge is 0.326 e. The zero-order valence-corrected chi connectivity index (χ0v) is 21.9. The lowest BCUT2D eigenvalue weighted by Gasteiger charge is -2.25. The number of hydrogen-bond acceptors (Lipinski definition) is 8. The number of rotatable bonds is 18. The Morgan fingerprint density at radius 2 is 1.24 bits per heavy atom. The van der Waals surface area contributed by atoms with Gasteiger partial charge in [-0.1, -0.05) is 13.8 Å². The Morgan fingerprint density at radius 3 is 1.68 bits per heavy atom. The second-order valence-electron chi connectivity index (χ2n) is 8.33. The molecule has 0 aromatic heterocycles. The van der Waals surface area contributed by atoms with Crippen molar-refractivity contribution in [3.63, 3.8) is 0 Å². The Hall–Kier alpha value is -1.99. The van der Waals surface area contributed by atoms with Gasteiger partial charge in [0.2, 0.25) is 23.6 Å². The van der Waals surface area contributed by atoms with E-state index in [4.69, 9.17) is 11.5 Å². The first kappa shape index (κ1) is 32.0. The highest BCUT2D eigenvalue weighted by atomic mass is 32.2. The molecule has 0 radical (unpaired) electrons. The Balaban J connectivity index is 5.47. The molecule has 0 aromatic rings. The second-order valence-corrected chi connectivity index (χ2v) is 10.3. The molecular weight excluding hydrogens is 482 g/mol. The maximum absolute atomic E-state index is 13.0. The molecule has 196 valence electrons. The van der Waals surface area contributed by atoms with Crippen LogP contribution in [0, 0.1) is 5.92 Å². The maximum atomic E-state index is 13.0. The minimum atomic E-state index is -1.16. The zero-order valence-electron chi connectivity index (χ0n) is 20.3. The summed E-state index contributed by atoms with van der Waals surface area (Å²) in [6.45, 7) is 3.81. The molecule has 0 rings (SSSR count). The normalized spacial score (nSPS) is 14.5. The SMILES string of the molecule is CSCCC(NC(=O)C(CCSC)NC(=O)C(CCC(N)=O)NC(=O)C(N)CC(C)C)C(=O)O. The van der Waals surface area contributed by atoms with Gasteiger partial charge in [0.15, 0.2) is 0 Å². The van der Waals surface area contributed by atoms with Crippen LogP contribution in [0.25, 0.3) is 0 Å². The summed E-state index contributed by atoms with van der Waals surface area (Å²) in [5.41, 5.74) is 11.1. The third kappa shape index (κ3) is 13.7. The van der Waals surface area contributed by atoms with E-state index in [0.29, 0.717) is 17.9 Å². The van der Waals surface area contributed by atoms with Crippen molar-refractivity contribution in [2.75, 3.05) is 24.0 Å². The summed E-state index contributed by atoms with van der Waals surface area (Å²) < 4.78 is 0. The highest BCUT2D eigenvalue weighted by Crippen LogP contribution is 2.08. The average Bonchev–Trinajstić information content (AvgIpc) is 2.75. The Morgan fingerprint density at radius 1 is 0.794 bits per heavy atom. The lowest BCUT2D eigenvalue weighted by Crippen LogP contribution is -2.57. The minimum Gasteiger partial charge on any atom is -0.480 e. The van der Waals surface area contributed by atoms with Crippen LogP contribution in [0.5, 0.6) is 0 Å². The molecule has 11 nitrogen and oxygen atoms in total. The molecule has 0 aliphatic rings. The maximum Gasteiger partial charge on any atom is 0.326 e. The van der Waals surface area contributed by atoms with Gasteiger partial charge in [-0.2, -0.15) is 23.5 Å². The van der Waals surface area contributed by atoms with Crippen LogP contribution in [0.15, 0.2) is 0 Å². The number of aliphatic carboxylic acids is 1. The monoisotopic (exact) mass is 521 g/mol. The van der Waals surface area contributed by atoms with Crippen LogP contribution in [0.4, 0.5) is 0 Å². The van der Waals surface area contributed by atoms with Crippen molar-refractivity contribution in [3.8, 4) is 0 Å². The van der Waals surface area contributed by atoms with Crippen LogP contribution in [0.2, 0.25) is 0 Å². The predicted octanol–water partition coefficient (Wildman–Crippen LogP) is -0.329. The topological polar surface area (TPSA) is 194 Å². The van der Waals surface area contributed by atoms with Gasteiger partial charge in [0.05, 0.1) is 6.04 Å². The summed E-state index contributed by atoms with van der Waals surface area (Å²) in [5.74, 6) is -2.44. The van der Waals surface area contributed by atoms with Gasteiger partial charge in [0.25, 0.3) is 0 Å². The lowest BCUT2D eigenvalue weighted by molar-refractivity contribution is -0.142. The number of amides is 4. The molecule has 0 fully saturated rings. The Labute approximate surface area is 209 Å². The summed E-state index contributed by atoms with van der Waals surface area (Å²) >= 11 is 2.91. The van der Waals surface area contributed by atoms with E-state index in [2.05, 4.69) is 16.0 Å². The molecule has 34 heavy (non-hydrogen) atoms. The third-order valence-electron chi connectivity index (χ3n) is 4.84. The van der Waals surface area contributed by atoms with Gasteiger partial charge < -0.3 is 32.5 Å². The minimum absolute atomic E-state index is 0.0658. The molecule has 0 heterocycles. The number of nitrogens with two attached hydrogens (primary N) is 2. The summed E-state index contributed by atoms with van der Waals surface area (Å²) in [4.78, 5) is 61.0. The van der Waals surface area contributed by atoms with Crippen molar-refractivity contribution in [2.24, 2.45) is 17.4 Å². The fourth-order valence-corrected chi connectivity index (χ4v) is 3.93. The van der Waals surface area contributed by atoms with E-state index in [1.807, 2.05) is 26.4 Å². The van der Waals surface area contributed by atoms with E-state index in [9.17, 15) is 29.1 Å². The van der Waals surface area contributed by atoms with Gasteiger partial charge in [-0.25, -0.2) is 4.79 Å². The predicted molar refractivity (Wildman–Crippen MR) is 135 cm³/mol. The molecule has 0 aromatic carbocycles. The van der Waals surface area contributed by atoms with Gasteiger partial charge >= 0.3 is 5.97 Å². The molecule has 0 bridgehead atoms. The van der Waals surface area contributed by atoms with E-state index in [1.165, 1.54) is 23.5 Å². The van der Waals surface area contributed by atoms with Gasteiger partial charge in [-0.3, -0.25) is 19.2 Å². The Kier molecular flexibility index (Phi) is 16.4. The van der Waals surface area contributed by atoms with Crippen molar-refractivity contribution in [2.45, 2.75) is 70.1 Å². The number of carboxylic acid groups (broad SMARTS) is 1. The standard InChI is InChI=1S/C21H39N5O6S2/c1-12(2)11-13(22)18(28)24-14(5-6-17(23)27)19(29)25-15(7-9-33-3)20(30)26-16(21(31)32)8-10-34-4/h12-16H,5-11,22H2,1-4H3,(H2,23,27)(H,24,28)(H,25,29)(H,26,30)(H,31,32). The Bertz CT molecular complexity index is 695. The van der Waals surface area contributed by atoms with E-state index >= 15 is 0 Å². The first-order valence-corrected chi connectivity index (χ1v) is 13.9. The number of thioether (sulfide) groups is 2. The number of nitrogens with one attached hydrogen (secondary N) is 3. The fourth-order valence-electron chi connectivity index (χ4n) is 2.99. The first-order chi connectivity index (χ1) is 15.9. The van der Waals surface area contributed by atoms with Crippen LogP contribution in [0.1, 0.15) is 46.0 Å². The van der Waals surface area contributed by atoms with Crippen molar-refractivity contribution in [3.05, 3.63) is 0 Å². The molecular formula is C21H39N5O6S2. The van der Waals surface area contributed by atoms with Crippen LogP contribution in [-0.4, -0.2) is 82.9 Å². The van der Waals surface area contributed by atoms with Crippen LogP contribution < -0.4 is 27.4 Å². The van der Waals surface area contributed by atoms with Crippen molar-refractivity contribution in [1.29, 1.82) is 0 Å². The molecule has 0 saturated heterocycles.